The SMILES string of the molecule is Cc1cccc(C)c1NC(=O)CNC(=O)C(C)OC(=O)c1cccc(S(=O)(=O)N2CCCC2)c1. The summed E-state index contributed by atoms with van der Waals surface area (Å²) in [6.07, 6.45) is 0.422. The molecular weight excluding hydrogens is 458 g/mol. The lowest BCUT2D eigenvalue weighted by Gasteiger charge is -2.17. The average molecular weight is 488 g/mol. The van der Waals surface area contributed by atoms with Crippen LogP contribution in [0.5, 0.6) is 0 Å². The molecule has 9 nitrogen and oxygen atoms in total. The maximum Gasteiger partial charge on any atom is 0.338 e. The van der Waals surface area contributed by atoms with Crippen LogP contribution in [0.4, 0.5) is 5.69 Å². The molecule has 3 rings (SSSR count). The van der Waals surface area contributed by atoms with Crippen LogP contribution in [0.2, 0.25) is 0 Å². The monoisotopic (exact) mass is 487 g/mol. The number of hydrogen-bond acceptors (Lipinski definition) is 6. The molecule has 2 aromatic carbocycles. The third-order valence-corrected chi connectivity index (χ3v) is 7.49. The summed E-state index contributed by atoms with van der Waals surface area (Å²) < 4.78 is 32.0. The largest absolute Gasteiger partial charge is 0.449 e. The molecule has 34 heavy (non-hydrogen) atoms. The van der Waals surface area contributed by atoms with Crippen LogP contribution in [0.3, 0.4) is 0 Å². The van der Waals surface area contributed by atoms with Crippen LogP contribution in [0.25, 0.3) is 0 Å². The van der Waals surface area contributed by atoms with Crippen molar-refractivity contribution in [1.29, 1.82) is 0 Å². The Labute approximate surface area is 199 Å². The van der Waals surface area contributed by atoms with E-state index >= 15 is 0 Å². The Balaban J connectivity index is 1.56. The van der Waals surface area contributed by atoms with Gasteiger partial charge in [0.2, 0.25) is 15.9 Å². The first-order valence-corrected chi connectivity index (χ1v) is 12.5. The van der Waals surface area contributed by atoms with E-state index in [1.807, 2.05) is 32.0 Å². The Hall–Kier alpha value is -3.24. The number of carbonyl (C=O) groups is 3. The van der Waals surface area contributed by atoms with Gasteiger partial charge in [-0.3, -0.25) is 9.59 Å². The van der Waals surface area contributed by atoms with Crippen LogP contribution in [-0.2, 0) is 24.3 Å². The topological polar surface area (TPSA) is 122 Å². The summed E-state index contributed by atoms with van der Waals surface area (Å²) in [5.41, 5.74) is 2.50. The molecule has 1 aliphatic heterocycles. The molecule has 0 aliphatic carbocycles. The third-order valence-electron chi connectivity index (χ3n) is 5.59. The minimum Gasteiger partial charge on any atom is -0.449 e. The van der Waals surface area contributed by atoms with E-state index in [0.717, 1.165) is 24.0 Å². The first-order chi connectivity index (χ1) is 16.1. The Morgan fingerprint density at radius 3 is 2.29 bits per heavy atom. The van der Waals surface area contributed by atoms with Gasteiger partial charge < -0.3 is 15.4 Å². The quantitative estimate of drug-likeness (QED) is 0.552. The van der Waals surface area contributed by atoms with Crippen molar-refractivity contribution < 1.29 is 27.5 Å². The molecule has 0 saturated carbocycles. The Morgan fingerprint density at radius 2 is 1.65 bits per heavy atom. The molecule has 10 heteroatoms. The minimum atomic E-state index is -3.69. The number of nitrogens with zero attached hydrogens (tertiary/aromatic N) is 1. The number of hydrogen-bond donors (Lipinski definition) is 2. The lowest BCUT2D eigenvalue weighted by molar-refractivity contribution is -0.130. The number of esters is 1. The second-order valence-electron chi connectivity index (χ2n) is 8.22. The van der Waals surface area contributed by atoms with Crippen LogP contribution < -0.4 is 10.6 Å². The predicted octanol–water partition coefficient (Wildman–Crippen LogP) is 2.39. The number of carbonyl (C=O) groups excluding carboxylic acids is 3. The summed E-state index contributed by atoms with van der Waals surface area (Å²) in [7, 11) is -3.69. The molecule has 2 N–H and O–H groups in total. The van der Waals surface area contributed by atoms with Crippen LogP contribution in [0.1, 0.15) is 41.3 Å². The van der Waals surface area contributed by atoms with Gasteiger partial charge in [0.15, 0.2) is 6.10 Å². The van der Waals surface area contributed by atoms with Gasteiger partial charge in [-0.1, -0.05) is 24.3 Å². The van der Waals surface area contributed by atoms with Gasteiger partial charge in [-0.15, -0.1) is 0 Å². The lowest BCUT2D eigenvalue weighted by atomic mass is 10.1. The van der Waals surface area contributed by atoms with E-state index in [-0.39, 0.29) is 17.0 Å². The summed E-state index contributed by atoms with van der Waals surface area (Å²) in [6.45, 7) is 5.72. The molecule has 0 bridgehead atoms. The maximum absolute atomic E-state index is 12.7. The second kappa shape index (κ2) is 10.8. The van der Waals surface area contributed by atoms with E-state index in [0.29, 0.717) is 18.8 Å². The van der Waals surface area contributed by atoms with Gasteiger partial charge in [-0.05, 0) is 62.9 Å². The molecular formula is C24H29N3O6S. The van der Waals surface area contributed by atoms with Crippen molar-refractivity contribution in [1.82, 2.24) is 9.62 Å². The highest BCUT2D eigenvalue weighted by atomic mass is 32.2. The standard InChI is InChI=1S/C24H29N3O6S/c1-16-8-6-9-17(2)22(16)26-21(28)15-25-23(29)18(3)33-24(30)19-10-7-11-20(14-19)34(31,32)27-12-4-5-13-27/h6-11,14,18H,4-5,12-13,15H2,1-3H3,(H,25,29)(H,26,28). The maximum atomic E-state index is 12.7. The number of amides is 2. The number of para-hydroxylation sites is 1. The molecule has 0 aromatic heterocycles. The van der Waals surface area contributed by atoms with E-state index < -0.39 is 33.9 Å². The van der Waals surface area contributed by atoms with Crippen molar-refractivity contribution in [2.45, 2.75) is 44.6 Å². The number of aryl methyl sites for hydroxylation is 2. The highest BCUT2D eigenvalue weighted by Crippen LogP contribution is 2.22. The summed E-state index contributed by atoms with van der Waals surface area (Å²) in [4.78, 5) is 37.1. The molecule has 2 amide bonds. The van der Waals surface area contributed by atoms with E-state index in [9.17, 15) is 22.8 Å². The van der Waals surface area contributed by atoms with Crippen molar-refractivity contribution >= 4 is 33.5 Å². The zero-order valence-corrected chi connectivity index (χ0v) is 20.3. The summed E-state index contributed by atoms with van der Waals surface area (Å²) >= 11 is 0. The van der Waals surface area contributed by atoms with E-state index in [1.54, 1.807) is 0 Å². The van der Waals surface area contributed by atoms with Gasteiger partial charge >= 0.3 is 5.97 Å². The highest BCUT2D eigenvalue weighted by Gasteiger charge is 2.28. The molecule has 1 atom stereocenters. The van der Waals surface area contributed by atoms with Gasteiger partial charge in [0.1, 0.15) is 0 Å². The number of ether oxygens (including phenoxy) is 1. The zero-order chi connectivity index (χ0) is 24.9. The van der Waals surface area contributed by atoms with Crippen molar-refractivity contribution in [3.63, 3.8) is 0 Å². The smallest absolute Gasteiger partial charge is 0.338 e. The van der Waals surface area contributed by atoms with Crippen LogP contribution in [0.15, 0.2) is 47.4 Å². The molecule has 1 fully saturated rings. The highest BCUT2D eigenvalue weighted by molar-refractivity contribution is 7.89. The summed E-state index contributed by atoms with van der Waals surface area (Å²) in [5, 5.41) is 5.20. The molecule has 182 valence electrons. The van der Waals surface area contributed by atoms with Gasteiger partial charge in [-0.25, -0.2) is 13.2 Å². The van der Waals surface area contributed by atoms with Crippen molar-refractivity contribution in [3.05, 3.63) is 59.2 Å². The van der Waals surface area contributed by atoms with E-state index in [2.05, 4.69) is 10.6 Å². The van der Waals surface area contributed by atoms with Gasteiger partial charge in [0, 0.05) is 18.8 Å². The van der Waals surface area contributed by atoms with Crippen LogP contribution >= 0.6 is 0 Å². The molecule has 2 aromatic rings. The third kappa shape index (κ3) is 6.00. The fraction of sp³-hybridized carbons (Fsp3) is 0.375. The van der Waals surface area contributed by atoms with E-state index in [1.165, 1.54) is 35.5 Å². The molecule has 0 spiro atoms. The molecule has 1 unspecified atom stereocenters. The van der Waals surface area contributed by atoms with Gasteiger partial charge in [0.05, 0.1) is 17.0 Å². The number of benzene rings is 2. The summed E-state index contributed by atoms with van der Waals surface area (Å²) in [5.74, 6) is -1.89. The molecule has 1 saturated heterocycles. The number of rotatable bonds is 8. The molecule has 1 heterocycles. The zero-order valence-electron chi connectivity index (χ0n) is 19.5. The number of sulfonamides is 1. The van der Waals surface area contributed by atoms with Crippen molar-refractivity contribution in [2.75, 3.05) is 25.0 Å². The Kier molecular flexibility index (Phi) is 8.06. The lowest BCUT2D eigenvalue weighted by Crippen LogP contribution is -2.40. The van der Waals surface area contributed by atoms with Crippen LogP contribution in [0, 0.1) is 13.8 Å². The molecule has 0 radical (unpaired) electrons. The average Bonchev–Trinajstić information content (AvgIpc) is 3.36. The Bertz CT molecular complexity index is 1170. The minimum absolute atomic E-state index is 0.00382. The fourth-order valence-corrected chi connectivity index (χ4v) is 5.21. The summed E-state index contributed by atoms with van der Waals surface area (Å²) in [6, 6.07) is 11.2. The fourth-order valence-electron chi connectivity index (χ4n) is 3.65. The van der Waals surface area contributed by atoms with Crippen molar-refractivity contribution in [2.24, 2.45) is 0 Å². The molecule has 1 aliphatic rings. The first kappa shape index (κ1) is 25.4. The van der Waals surface area contributed by atoms with Crippen molar-refractivity contribution in [3.8, 4) is 0 Å². The van der Waals surface area contributed by atoms with Gasteiger partial charge in [0.25, 0.3) is 5.91 Å². The number of nitrogens with one attached hydrogen (secondary N) is 2. The van der Waals surface area contributed by atoms with E-state index in [4.69, 9.17) is 4.74 Å². The second-order valence-corrected chi connectivity index (χ2v) is 10.2. The number of anilines is 1. The Morgan fingerprint density at radius 1 is 1.03 bits per heavy atom. The predicted molar refractivity (Wildman–Crippen MR) is 127 cm³/mol. The normalized spacial score (nSPS) is 14.9. The van der Waals surface area contributed by atoms with Gasteiger partial charge in [-0.2, -0.15) is 4.31 Å². The van der Waals surface area contributed by atoms with Crippen LogP contribution in [-0.4, -0.2) is 56.2 Å². The first-order valence-electron chi connectivity index (χ1n) is 11.0.